The van der Waals surface area contributed by atoms with Gasteiger partial charge in [0.05, 0.1) is 6.61 Å². The Morgan fingerprint density at radius 2 is 1.93 bits per heavy atom. The Morgan fingerprint density at radius 3 is 2.63 bits per heavy atom. The first-order valence-corrected chi connectivity index (χ1v) is 9.20. The Labute approximate surface area is 159 Å². The summed E-state index contributed by atoms with van der Waals surface area (Å²) in [6.45, 7) is 5.54. The molecule has 3 amide bonds. The Bertz CT molecular complexity index is 805. The van der Waals surface area contributed by atoms with E-state index in [4.69, 9.17) is 4.74 Å². The van der Waals surface area contributed by atoms with E-state index in [1.54, 1.807) is 4.90 Å². The lowest BCUT2D eigenvalue weighted by molar-refractivity contribution is -0.117. The molecule has 142 valence electrons. The van der Waals surface area contributed by atoms with Gasteiger partial charge in [0.1, 0.15) is 5.75 Å². The molecule has 0 bridgehead atoms. The normalized spacial score (nSPS) is 16.3. The number of anilines is 2. The maximum absolute atomic E-state index is 12.3. The molecule has 6 nitrogen and oxygen atoms in total. The van der Waals surface area contributed by atoms with E-state index in [0.29, 0.717) is 26.1 Å². The fraction of sp³-hybridized carbons (Fsp3) is 0.333. The van der Waals surface area contributed by atoms with Crippen molar-refractivity contribution in [2.45, 2.75) is 20.3 Å². The molecule has 0 spiro atoms. The molecule has 27 heavy (non-hydrogen) atoms. The van der Waals surface area contributed by atoms with Gasteiger partial charge in [-0.05, 0) is 49.7 Å². The van der Waals surface area contributed by atoms with Crippen molar-refractivity contribution in [3.63, 3.8) is 0 Å². The molecule has 1 unspecified atom stereocenters. The van der Waals surface area contributed by atoms with Crippen LogP contribution in [-0.2, 0) is 4.79 Å². The number of urea groups is 1. The average molecular weight is 367 g/mol. The summed E-state index contributed by atoms with van der Waals surface area (Å²) in [6.07, 6.45) is 0.428. The minimum atomic E-state index is -0.253. The van der Waals surface area contributed by atoms with Crippen LogP contribution in [0.3, 0.4) is 0 Å². The molecule has 2 N–H and O–H groups in total. The lowest BCUT2D eigenvalue weighted by atomic mass is 10.1. The predicted octanol–water partition coefficient (Wildman–Crippen LogP) is 3.57. The van der Waals surface area contributed by atoms with Crippen molar-refractivity contribution >= 4 is 23.3 Å². The number of hydrogen-bond donors (Lipinski definition) is 2. The van der Waals surface area contributed by atoms with Crippen LogP contribution in [0.1, 0.15) is 18.9 Å². The second-order valence-electron chi connectivity index (χ2n) is 6.65. The molecular formula is C21H25N3O3. The van der Waals surface area contributed by atoms with E-state index >= 15 is 0 Å². The van der Waals surface area contributed by atoms with Crippen LogP contribution in [0.25, 0.3) is 0 Å². The minimum Gasteiger partial charge on any atom is -0.494 e. The van der Waals surface area contributed by atoms with Gasteiger partial charge < -0.3 is 20.3 Å². The highest BCUT2D eigenvalue weighted by molar-refractivity contribution is 5.96. The molecule has 3 rings (SSSR count). The van der Waals surface area contributed by atoms with E-state index in [-0.39, 0.29) is 17.9 Å². The van der Waals surface area contributed by atoms with Crippen LogP contribution < -0.4 is 20.3 Å². The van der Waals surface area contributed by atoms with Crippen LogP contribution >= 0.6 is 0 Å². The standard InChI is InChI=1S/C21H25N3O3/c1-3-27-18-10-8-17(9-11-18)24-14-16(12-20(24)25)13-22-21(26)23-19-7-5-4-6-15(19)2/h4-11,16H,3,12-14H2,1-2H3,(H2,22,23,26). The molecule has 6 heteroatoms. The summed E-state index contributed by atoms with van der Waals surface area (Å²) in [5.74, 6) is 0.955. The van der Waals surface area contributed by atoms with Gasteiger partial charge in [-0.25, -0.2) is 4.79 Å². The van der Waals surface area contributed by atoms with Gasteiger partial charge in [0.2, 0.25) is 5.91 Å². The highest BCUT2D eigenvalue weighted by Gasteiger charge is 2.30. The van der Waals surface area contributed by atoms with Crippen LogP contribution in [0, 0.1) is 12.8 Å². The second kappa shape index (κ2) is 8.58. The van der Waals surface area contributed by atoms with Crippen molar-refractivity contribution in [2.75, 3.05) is 29.9 Å². The SMILES string of the molecule is CCOc1ccc(N2CC(CNC(=O)Nc3ccccc3C)CC2=O)cc1. The van der Waals surface area contributed by atoms with E-state index in [1.807, 2.05) is 62.4 Å². The number of para-hydroxylation sites is 1. The zero-order valence-electron chi connectivity index (χ0n) is 15.7. The number of hydrogen-bond acceptors (Lipinski definition) is 3. The molecular weight excluding hydrogens is 342 g/mol. The molecule has 0 saturated carbocycles. The molecule has 0 radical (unpaired) electrons. The summed E-state index contributed by atoms with van der Waals surface area (Å²) in [4.78, 5) is 26.2. The maximum Gasteiger partial charge on any atom is 0.319 e. The topological polar surface area (TPSA) is 70.7 Å². The Morgan fingerprint density at radius 1 is 1.19 bits per heavy atom. The Balaban J connectivity index is 1.51. The highest BCUT2D eigenvalue weighted by Crippen LogP contribution is 2.26. The van der Waals surface area contributed by atoms with Crippen LogP contribution in [0.5, 0.6) is 5.75 Å². The lowest BCUT2D eigenvalue weighted by Gasteiger charge is -2.17. The number of carbonyl (C=O) groups excluding carboxylic acids is 2. The second-order valence-corrected chi connectivity index (χ2v) is 6.65. The lowest BCUT2D eigenvalue weighted by Crippen LogP contribution is -2.34. The summed E-state index contributed by atoms with van der Waals surface area (Å²) in [5, 5.41) is 5.71. The van der Waals surface area contributed by atoms with Crippen LogP contribution in [-0.4, -0.2) is 31.6 Å². The van der Waals surface area contributed by atoms with Gasteiger partial charge >= 0.3 is 6.03 Å². The number of amides is 3. The highest BCUT2D eigenvalue weighted by atomic mass is 16.5. The number of ether oxygens (including phenoxy) is 1. The molecule has 2 aromatic carbocycles. The largest absolute Gasteiger partial charge is 0.494 e. The summed E-state index contributed by atoms with van der Waals surface area (Å²) < 4.78 is 5.44. The van der Waals surface area contributed by atoms with Crippen molar-refractivity contribution in [1.82, 2.24) is 5.32 Å². The van der Waals surface area contributed by atoms with Crippen LogP contribution in [0.2, 0.25) is 0 Å². The maximum atomic E-state index is 12.3. The van der Waals surface area contributed by atoms with E-state index in [1.165, 1.54) is 0 Å². The number of nitrogens with zero attached hydrogens (tertiary/aromatic N) is 1. The van der Waals surface area contributed by atoms with Gasteiger partial charge in [-0.15, -0.1) is 0 Å². The Hall–Kier alpha value is -3.02. The molecule has 0 aromatic heterocycles. The molecule has 1 aliphatic heterocycles. The quantitative estimate of drug-likeness (QED) is 0.820. The predicted molar refractivity (Wildman–Crippen MR) is 106 cm³/mol. The van der Waals surface area contributed by atoms with Crippen molar-refractivity contribution in [1.29, 1.82) is 0 Å². The minimum absolute atomic E-state index is 0.0743. The molecule has 1 saturated heterocycles. The third-order valence-corrected chi connectivity index (χ3v) is 4.61. The van der Waals surface area contributed by atoms with E-state index < -0.39 is 0 Å². The van der Waals surface area contributed by atoms with Gasteiger partial charge in [0.25, 0.3) is 0 Å². The van der Waals surface area contributed by atoms with Crippen LogP contribution in [0.15, 0.2) is 48.5 Å². The third-order valence-electron chi connectivity index (χ3n) is 4.61. The van der Waals surface area contributed by atoms with Crippen molar-refractivity contribution in [3.05, 3.63) is 54.1 Å². The summed E-state index contributed by atoms with van der Waals surface area (Å²) in [6, 6.07) is 14.9. The van der Waals surface area contributed by atoms with Gasteiger partial charge in [-0.2, -0.15) is 0 Å². The fourth-order valence-corrected chi connectivity index (χ4v) is 3.17. The monoisotopic (exact) mass is 367 g/mol. The van der Waals surface area contributed by atoms with E-state index in [9.17, 15) is 9.59 Å². The number of carbonyl (C=O) groups is 2. The van der Waals surface area contributed by atoms with Gasteiger partial charge in [-0.3, -0.25) is 4.79 Å². The number of aryl methyl sites for hydroxylation is 1. The van der Waals surface area contributed by atoms with E-state index in [2.05, 4.69) is 10.6 Å². The molecule has 1 heterocycles. The smallest absolute Gasteiger partial charge is 0.319 e. The Kier molecular flexibility index (Phi) is 5.96. The fourth-order valence-electron chi connectivity index (χ4n) is 3.17. The first-order valence-electron chi connectivity index (χ1n) is 9.20. The molecule has 2 aromatic rings. The first kappa shape index (κ1) is 18.8. The van der Waals surface area contributed by atoms with Crippen LogP contribution in [0.4, 0.5) is 16.2 Å². The first-order chi connectivity index (χ1) is 13.1. The molecule has 1 atom stereocenters. The van der Waals surface area contributed by atoms with Crippen molar-refractivity contribution < 1.29 is 14.3 Å². The van der Waals surface area contributed by atoms with E-state index in [0.717, 1.165) is 22.7 Å². The number of rotatable bonds is 6. The van der Waals surface area contributed by atoms with Crippen molar-refractivity contribution in [2.24, 2.45) is 5.92 Å². The van der Waals surface area contributed by atoms with Crippen molar-refractivity contribution in [3.8, 4) is 5.75 Å². The summed E-state index contributed by atoms with van der Waals surface area (Å²) >= 11 is 0. The molecule has 1 fully saturated rings. The van der Waals surface area contributed by atoms with Gasteiger partial charge in [0.15, 0.2) is 0 Å². The molecule has 0 aliphatic carbocycles. The summed E-state index contributed by atoms with van der Waals surface area (Å²) in [7, 11) is 0. The number of nitrogens with one attached hydrogen (secondary N) is 2. The van der Waals surface area contributed by atoms with Gasteiger partial charge in [-0.1, -0.05) is 18.2 Å². The summed E-state index contributed by atoms with van der Waals surface area (Å²) in [5.41, 5.74) is 2.65. The third kappa shape index (κ3) is 4.78. The zero-order valence-corrected chi connectivity index (χ0v) is 15.7. The molecule has 1 aliphatic rings. The number of benzene rings is 2. The average Bonchev–Trinajstić information content (AvgIpc) is 3.04. The van der Waals surface area contributed by atoms with Gasteiger partial charge in [0, 0.05) is 36.8 Å². The zero-order chi connectivity index (χ0) is 19.2.